The highest BCUT2D eigenvalue weighted by Crippen LogP contribution is 2.21. The number of ether oxygens (including phenoxy) is 2. The Balaban J connectivity index is 1.83. The van der Waals surface area contributed by atoms with Crippen molar-refractivity contribution in [1.82, 2.24) is 20.8 Å². The van der Waals surface area contributed by atoms with Crippen molar-refractivity contribution >= 4 is 23.8 Å². The lowest BCUT2D eigenvalue weighted by molar-refractivity contribution is -0.128. The van der Waals surface area contributed by atoms with E-state index in [4.69, 9.17) is 4.74 Å². The second-order valence-corrected chi connectivity index (χ2v) is 9.45. The van der Waals surface area contributed by atoms with Gasteiger partial charge in [-0.2, -0.15) is 5.10 Å². The van der Waals surface area contributed by atoms with Gasteiger partial charge in [0.15, 0.2) is 0 Å². The van der Waals surface area contributed by atoms with E-state index in [9.17, 15) is 19.2 Å². The predicted octanol–water partition coefficient (Wildman–Crippen LogP) is 3.75. The molecule has 0 radical (unpaired) electrons. The minimum atomic E-state index is -0.805. The third kappa shape index (κ3) is 7.92. The number of methoxy groups -OCH3 is 1. The second-order valence-electron chi connectivity index (χ2n) is 9.45. The molecule has 0 unspecified atom stereocenters. The maximum Gasteiger partial charge on any atom is 0.411 e. The van der Waals surface area contributed by atoms with Crippen LogP contribution in [0.5, 0.6) is 0 Å². The smallest absolute Gasteiger partial charge is 0.411 e. The van der Waals surface area contributed by atoms with Crippen molar-refractivity contribution in [3.8, 4) is 11.1 Å². The molecule has 1 heterocycles. The zero-order chi connectivity index (χ0) is 27.7. The van der Waals surface area contributed by atoms with E-state index in [2.05, 4.69) is 30.9 Å². The fraction of sp³-hybridized carbons (Fsp3) is 0.296. The molecule has 0 aliphatic rings. The van der Waals surface area contributed by atoms with Crippen molar-refractivity contribution in [3.63, 3.8) is 0 Å². The summed E-state index contributed by atoms with van der Waals surface area (Å²) in [5.74, 6) is -0.222. The molecule has 1 atom stereocenters. The SMILES string of the molecule is COC(=O)Nc1ccc(-c2cc([C@H](CNC(=O)C(C)(C)C)NC(=O)OCc3ccccc3)n[nH]c2=O)cc1. The van der Waals surface area contributed by atoms with Crippen LogP contribution < -0.4 is 21.5 Å². The van der Waals surface area contributed by atoms with E-state index in [0.717, 1.165) is 5.56 Å². The predicted molar refractivity (Wildman–Crippen MR) is 141 cm³/mol. The number of carbonyl (C=O) groups excluding carboxylic acids is 3. The summed E-state index contributed by atoms with van der Waals surface area (Å²) in [5.41, 5.74) is 1.34. The van der Waals surface area contributed by atoms with Crippen molar-refractivity contribution in [2.45, 2.75) is 33.4 Å². The highest BCUT2D eigenvalue weighted by molar-refractivity contribution is 5.85. The van der Waals surface area contributed by atoms with E-state index in [1.807, 2.05) is 30.3 Å². The molecule has 1 aromatic heterocycles. The first kappa shape index (κ1) is 27.9. The van der Waals surface area contributed by atoms with Crippen molar-refractivity contribution in [2.24, 2.45) is 5.41 Å². The summed E-state index contributed by atoms with van der Waals surface area (Å²) in [4.78, 5) is 49.1. The van der Waals surface area contributed by atoms with Gasteiger partial charge in [-0.25, -0.2) is 14.7 Å². The molecular formula is C27H31N5O6. The monoisotopic (exact) mass is 521 g/mol. The van der Waals surface area contributed by atoms with E-state index in [0.29, 0.717) is 16.9 Å². The molecule has 0 bridgehead atoms. The number of alkyl carbamates (subject to hydrolysis) is 1. The summed E-state index contributed by atoms with van der Waals surface area (Å²) in [6, 6.07) is 16.5. The first-order chi connectivity index (χ1) is 18.1. The number of rotatable bonds is 8. The molecule has 0 saturated carbocycles. The van der Waals surface area contributed by atoms with Crippen LogP contribution in [0.3, 0.4) is 0 Å². The van der Waals surface area contributed by atoms with Crippen LogP contribution >= 0.6 is 0 Å². The highest BCUT2D eigenvalue weighted by atomic mass is 16.5. The Hall–Kier alpha value is -4.67. The minimum absolute atomic E-state index is 0.0109. The summed E-state index contributed by atoms with van der Waals surface area (Å²) in [5, 5.41) is 14.6. The van der Waals surface area contributed by atoms with Gasteiger partial charge in [-0.1, -0.05) is 63.2 Å². The minimum Gasteiger partial charge on any atom is -0.453 e. The number of hydrogen-bond donors (Lipinski definition) is 4. The van der Waals surface area contributed by atoms with Gasteiger partial charge in [-0.15, -0.1) is 0 Å². The molecular weight excluding hydrogens is 490 g/mol. The molecule has 38 heavy (non-hydrogen) atoms. The average Bonchev–Trinajstić information content (AvgIpc) is 2.90. The number of benzene rings is 2. The van der Waals surface area contributed by atoms with E-state index in [1.165, 1.54) is 13.2 Å². The van der Waals surface area contributed by atoms with Crippen molar-refractivity contribution in [1.29, 1.82) is 0 Å². The van der Waals surface area contributed by atoms with Crippen molar-refractivity contribution in [3.05, 3.63) is 82.3 Å². The van der Waals surface area contributed by atoms with Gasteiger partial charge in [-0.05, 0) is 29.3 Å². The van der Waals surface area contributed by atoms with Crippen LogP contribution in [0.2, 0.25) is 0 Å². The Morgan fingerprint density at radius 1 is 1.00 bits per heavy atom. The Morgan fingerprint density at radius 2 is 1.68 bits per heavy atom. The summed E-state index contributed by atoms with van der Waals surface area (Å²) in [6.07, 6.45) is -1.33. The number of H-pyrrole nitrogens is 1. The van der Waals surface area contributed by atoms with Crippen molar-refractivity contribution in [2.75, 3.05) is 19.0 Å². The van der Waals surface area contributed by atoms with Crippen LogP contribution in [0.1, 0.15) is 38.1 Å². The van der Waals surface area contributed by atoms with Crippen LogP contribution in [-0.4, -0.2) is 41.9 Å². The Kier molecular flexibility index (Phi) is 9.20. The first-order valence-corrected chi connectivity index (χ1v) is 11.9. The van der Waals surface area contributed by atoms with Gasteiger partial charge in [0, 0.05) is 17.6 Å². The molecule has 11 nitrogen and oxygen atoms in total. The maximum absolute atomic E-state index is 12.6. The molecule has 3 aromatic rings. The zero-order valence-corrected chi connectivity index (χ0v) is 21.7. The van der Waals surface area contributed by atoms with Gasteiger partial charge in [0.1, 0.15) is 6.61 Å². The molecule has 0 aliphatic heterocycles. The standard InChI is InChI=1S/C27H31N5O6/c1-27(2,3)24(34)28-15-22(30-26(36)38-16-17-8-6-5-7-9-17)21-14-20(23(33)32-31-21)18-10-12-19(13-11-18)29-25(35)37-4/h5-14,22H,15-16H2,1-4H3,(H,28,34)(H,29,35)(H,30,36)(H,32,33)/t22-/m0/s1. The second kappa shape index (κ2) is 12.5. The molecule has 0 spiro atoms. The van der Waals surface area contributed by atoms with Crippen LogP contribution in [-0.2, 0) is 20.9 Å². The van der Waals surface area contributed by atoms with E-state index < -0.39 is 29.2 Å². The molecule has 200 valence electrons. The molecule has 3 amide bonds. The average molecular weight is 522 g/mol. The van der Waals surface area contributed by atoms with Gasteiger partial charge in [-0.3, -0.25) is 14.9 Å². The fourth-order valence-electron chi connectivity index (χ4n) is 3.31. The molecule has 2 aromatic carbocycles. The van der Waals surface area contributed by atoms with Crippen LogP contribution in [0.15, 0.2) is 65.5 Å². The normalized spacial score (nSPS) is 11.7. The lowest BCUT2D eigenvalue weighted by Crippen LogP contribution is -2.42. The number of nitrogens with zero attached hydrogens (tertiary/aromatic N) is 1. The molecule has 0 fully saturated rings. The number of aromatic amines is 1. The van der Waals surface area contributed by atoms with E-state index in [-0.39, 0.29) is 24.6 Å². The number of nitrogens with one attached hydrogen (secondary N) is 4. The number of carbonyl (C=O) groups is 3. The quantitative estimate of drug-likeness (QED) is 0.352. The van der Waals surface area contributed by atoms with Gasteiger partial charge in [0.05, 0.1) is 24.4 Å². The van der Waals surface area contributed by atoms with Crippen molar-refractivity contribution < 1.29 is 23.9 Å². The third-order valence-electron chi connectivity index (χ3n) is 5.46. The topological polar surface area (TPSA) is 152 Å². The van der Waals surface area contributed by atoms with Gasteiger partial charge in [0.25, 0.3) is 5.56 Å². The van der Waals surface area contributed by atoms with Crippen LogP contribution in [0.25, 0.3) is 11.1 Å². The third-order valence-corrected chi connectivity index (χ3v) is 5.46. The van der Waals surface area contributed by atoms with Crippen LogP contribution in [0, 0.1) is 5.41 Å². The van der Waals surface area contributed by atoms with Crippen LogP contribution in [0.4, 0.5) is 15.3 Å². The lowest BCUT2D eigenvalue weighted by atomic mass is 9.95. The lowest BCUT2D eigenvalue weighted by Gasteiger charge is -2.22. The molecule has 4 N–H and O–H groups in total. The van der Waals surface area contributed by atoms with Gasteiger partial charge in [0.2, 0.25) is 5.91 Å². The number of aromatic nitrogens is 2. The summed E-state index contributed by atoms with van der Waals surface area (Å²) in [6.45, 7) is 5.39. The number of hydrogen-bond acceptors (Lipinski definition) is 7. The molecule has 3 rings (SSSR count). The molecule has 0 aliphatic carbocycles. The number of amides is 3. The Morgan fingerprint density at radius 3 is 2.32 bits per heavy atom. The molecule has 0 saturated heterocycles. The largest absolute Gasteiger partial charge is 0.453 e. The van der Waals surface area contributed by atoms with Gasteiger partial charge < -0.3 is 20.1 Å². The number of anilines is 1. The molecule has 11 heteroatoms. The van der Waals surface area contributed by atoms with E-state index >= 15 is 0 Å². The maximum atomic E-state index is 12.6. The highest BCUT2D eigenvalue weighted by Gasteiger charge is 2.25. The zero-order valence-electron chi connectivity index (χ0n) is 21.7. The summed E-state index contributed by atoms with van der Waals surface area (Å²) in [7, 11) is 1.26. The summed E-state index contributed by atoms with van der Waals surface area (Å²) < 4.78 is 9.92. The Bertz CT molecular complexity index is 1320. The Labute approximate surface area is 219 Å². The first-order valence-electron chi connectivity index (χ1n) is 11.9. The fourth-order valence-corrected chi connectivity index (χ4v) is 3.31. The van der Waals surface area contributed by atoms with Gasteiger partial charge >= 0.3 is 12.2 Å². The summed E-state index contributed by atoms with van der Waals surface area (Å²) >= 11 is 0. The van der Waals surface area contributed by atoms with E-state index in [1.54, 1.807) is 45.0 Å².